The van der Waals surface area contributed by atoms with Crippen LogP contribution < -0.4 is 15.0 Å². The van der Waals surface area contributed by atoms with Gasteiger partial charge in [0.25, 0.3) is 0 Å². The van der Waals surface area contributed by atoms with Crippen molar-refractivity contribution in [1.82, 2.24) is 14.9 Å². The topological polar surface area (TPSA) is 68.6 Å². The van der Waals surface area contributed by atoms with Crippen molar-refractivity contribution in [3.63, 3.8) is 0 Å². The van der Waals surface area contributed by atoms with Gasteiger partial charge in [-0.2, -0.15) is 0 Å². The summed E-state index contributed by atoms with van der Waals surface area (Å²) in [6, 6.07) is 34.5. The van der Waals surface area contributed by atoms with Crippen molar-refractivity contribution in [1.29, 1.82) is 0 Å². The first-order valence-corrected chi connectivity index (χ1v) is 13.2. The maximum absolute atomic E-state index is 12.0. The molecule has 1 N–H and O–H groups in total. The Kier molecular flexibility index (Phi) is 6.99. The second kappa shape index (κ2) is 11.0. The molecule has 2 aromatic heterocycles. The van der Waals surface area contributed by atoms with Crippen LogP contribution >= 0.6 is 12.2 Å². The van der Waals surface area contributed by atoms with E-state index >= 15 is 0 Å². The summed E-state index contributed by atoms with van der Waals surface area (Å²) in [5.41, 5.74) is 4.23. The number of ether oxygens (including phenoxy) is 2. The van der Waals surface area contributed by atoms with Crippen molar-refractivity contribution in [2.24, 2.45) is 0 Å². The molecule has 0 spiro atoms. The minimum absolute atomic E-state index is 0.197. The lowest BCUT2D eigenvalue weighted by atomic mass is 10.0. The van der Waals surface area contributed by atoms with Gasteiger partial charge in [0.15, 0.2) is 5.11 Å². The number of thiocarbonyl (C=S) groups is 1. The van der Waals surface area contributed by atoms with Crippen LogP contribution in [0.1, 0.15) is 33.8 Å². The van der Waals surface area contributed by atoms with E-state index in [4.69, 9.17) is 21.7 Å². The zero-order valence-corrected chi connectivity index (χ0v) is 22.5. The van der Waals surface area contributed by atoms with Gasteiger partial charge < -0.3 is 24.3 Å². The van der Waals surface area contributed by atoms with Crippen LogP contribution in [-0.2, 0) is 4.74 Å². The zero-order valence-electron chi connectivity index (χ0n) is 21.7. The van der Waals surface area contributed by atoms with Gasteiger partial charge >= 0.3 is 5.97 Å². The molecule has 1 aliphatic rings. The molecule has 5 aromatic rings. The van der Waals surface area contributed by atoms with Gasteiger partial charge in [-0.05, 0) is 97.1 Å². The smallest absolute Gasteiger partial charge is 0.337 e. The van der Waals surface area contributed by atoms with Crippen LogP contribution in [0, 0.1) is 0 Å². The fourth-order valence-corrected chi connectivity index (χ4v) is 5.32. The summed E-state index contributed by atoms with van der Waals surface area (Å²) in [7, 11) is 1.38. The van der Waals surface area contributed by atoms with Crippen LogP contribution in [0.5, 0.6) is 11.5 Å². The highest BCUT2D eigenvalue weighted by Crippen LogP contribution is 2.42. The molecule has 3 heterocycles. The summed E-state index contributed by atoms with van der Waals surface area (Å²) in [5.74, 6) is 1.14. The average molecular weight is 547 g/mol. The van der Waals surface area contributed by atoms with Gasteiger partial charge in [0.05, 0.1) is 24.4 Å². The molecule has 1 aliphatic heterocycles. The number of hydrogen-bond donors (Lipinski definition) is 1. The Morgan fingerprint density at radius 2 is 1.52 bits per heavy atom. The molecule has 0 saturated carbocycles. The van der Waals surface area contributed by atoms with E-state index in [0.29, 0.717) is 10.7 Å². The number of benzene rings is 3. The molecule has 198 valence electrons. The van der Waals surface area contributed by atoms with E-state index in [9.17, 15) is 4.79 Å². The Balaban J connectivity index is 1.38. The quantitative estimate of drug-likeness (QED) is 0.182. The monoisotopic (exact) mass is 546 g/mol. The number of hydrogen-bond acceptors (Lipinski definition) is 5. The minimum Gasteiger partial charge on any atom is -0.465 e. The molecule has 8 heteroatoms. The van der Waals surface area contributed by atoms with E-state index in [0.717, 1.165) is 34.3 Å². The van der Waals surface area contributed by atoms with E-state index in [1.807, 2.05) is 97.2 Å². The number of para-hydroxylation sites is 1. The van der Waals surface area contributed by atoms with Crippen LogP contribution in [-0.4, -0.2) is 27.7 Å². The fraction of sp³-hybridized carbons (Fsp3) is 0.0938. The number of nitrogens with one attached hydrogen (secondary N) is 1. The van der Waals surface area contributed by atoms with Crippen LogP contribution in [0.25, 0.3) is 5.69 Å². The number of methoxy groups -OCH3 is 1. The van der Waals surface area contributed by atoms with Gasteiger partial charge in [-0.25, -0.2) is 4.79 Å². The first-order valence-electron chi connectivity index (χ1n) is 12.8. The third-order valence-corrected chi connectivity index (χ3v) is 7.16. The molecular weight excluding hydrogens is 520 g/mol. The van der Waals surface area contributed by atoms with Gasteiger partial charge in [0.1, 0.15) is 17.5 Å². The van der Waals surface area contributed by atoms with Crippen LogP contribution in [0.4, 0.5) is 5.69 Å². The third kappa shape index (κ3) is 4.92. The Morgan fingerprint density at radius 3 is 2.23 bits per heavy atom. The molecule has 0 amide bonds. The number of carbonyl (C=O) groups is 1. The third-order valence-electron chi connectivity index (χ3n) is 6.84. The van der Waals surface area contributed by atoms with Crippen molar-refractivity contribution < 1.29 is 14.3 Å². The highest BCUT2D eigenvalue weighted by molar-refractivity contribution is 7.80. The number of nitrogens with zero attached hydrogens (tertiary/aromatic N) is 3. The average Bonchev–Trinajstić information content (AvgIpc) is 3.62. The van der Waals surface area contributed by atoms with Gasteiger partial charge in [-0.15, -0.1) is 0 Å². The Hall–Kier alpha value is -4.95. The largest absolute Gasteiger partial charge is 0.465 e. The minimum atomic E-state index is -0.370. The van der Waals surface area contributed by atoms with Gasteiger partial charge in [0, 0.05) is 29.5 Å². The summed E-state index contributed by atoms with van der Waals surface area (Å²) in [5, 5.41) is 4.11. The number of carbonyl (C=O) groups excluding carboxylic acids is 1. The molecule has 0 unspecified atom stereocenters. The van der Waals surface area contributed by atoms with Crippen molar-refractivity contribution in [2.45, 2.75) is 12.1 Å². The van der Waals surface area contributed by atoms with Gasteiger partial charge in [0.2, 0.25) is 0 Å². The Bertz CT molecular complexity index is 1620. The molecule has 7 nitrogen and oxygen atoms in total. The van der Waals surface area contributed by atoms with Crippen LogP contribution in [0.15, 0.2) is 122 Å². The maximum Gasteiger partial charge on any atom is 0.337 e. The molecule has 40 heavy (non-hydrogen) atoms. The second-order valence-corrected chi connectivity index (χ2v) is 9.63. The molecule has 0 aliphatic carbocycles. The lowest BCUT2D eigenvalue weighted by Crippen LogP contribution is -2.30. The number of rotatable bonds is 7. The summed E-state index contributed by atoms with van der Waals surface area (Å²) >= 11 is 5.90. The predicted molar refractivity (Wildman–Crippen MR) is 158 cm³/mol. The lowest BCUT2D eigenvalue weighted by molar-refractivity contribution is 0.0600. The number of aromatic nitrogens is 2. The fourth-order valence-electron chi connectivity index (χ4n) is 4.98. The number of pyridine rings is 1. The summed E-state index contributed by atoms with van der Waals surface area (Å²) in [4.78, 5) is 18.8. The van der Waals surface area contributed by atoms with Crippen molar-refractivity contribution >= 4 is 29.0 Å². The zero-order chi connectivity index (χ0) is 27.5. The molecule has 1 saturated heterocycles. The predicted octanol–water partition coefficient (Wildman–Crippen LogP) is 6.63. The number of esters is 1. The second-order valence-electron chi connectivity index (χ2n) is 9.25. The van der Waals surface area contributed by atoms with Crippen molar-refractivity contribution in [2.75, 3.05) is 12.0 Å². The summed E-state index contributed by atoms with van der Waals surface area (Å²) < 4.78 is 13.0. The van der Waals surface area contributed by atoms with E-state index in [1.165, 1.54) is 7.11 Å². The molecule has 0 bridgehead atoms. The molecule has 1 fully saturated rings. The van der Waals surface area contributed by atoms with Gasteiger partial charge in [-0.1, -0.05) is 24.3 Å². The first-order chi connectivity index (χ1) is 19.6. The number of anilines is 1. The van der Waals surface area contributed by atoms with Gasteiger partial charge in [-0.3, -0.25) is 4.98 Å². The highest BCUT2D eigenvalue weighted by atomic mass is 32.1. The van der Waals surface area contributed by atoms with Crippen LogP contribution in [0.3, 0.4) is 0 Å². The van der Waals surface area contributed by atoms with E-state index in [2.05, 4.69) is 25.8 Å². The molecular formula is C32H26N4O3S. The molecule has 6 rings (SSSR count). The SMILES string of the molecule is COC(=O)c1ccc(-n2cccc2[C@@H]2[C@@H](c3ccccn3)NC(=S)N2c2ccc(Oc3ccccc3)cc2)cc1. The van der Waals surface area contributed by atoms with Crippen molar-refractivity contribution in [3.8, 4) is 17.2 Å². The molecule has 0 radical (unpaired) electrons. The lowest BCUT2D eigenvalue weighted by Gasteiger charge is -2.29. The molecule has 2 atom stereocenters. The Morgan fingerprint density at radius 1 is 0.825 bits per heavy atom. The van der Waals surface area contributed by atoms with E-state index < -0.39 is 0 Å². The van der Waals surface area contributed by atoms with Crippen molar-refractivity contribution in [3.05, 3.63) is 139 Å². The maximum atomic E-state index is 12.0. The van der Waals surface area contributed by atoms with E-state index in [1.54, 1.807) is 18.3 Å². The standard InChI is InChI=1S/C32H26N4O3S/c1-38-31(37)22-12-14-23(15-13-22)35-21-7-11-28(35)30-29(27-10-5-6-20-33-27)34-32(40)36(30)24-16-18-26(19-17-24)39-25-8-3-2-4-9-25/h2-21,29-30H,1H3,(H,34,40)/t29-,30-/m1/s1. The highest BCUT2D eigenvalue weighted by Gasteiger charge is 2.42. The first kappa shape index (κ1) is 25.3. The molecule has 3 aromatic carbocycles. The van der Waals surface area contributed by atoms with Crippen LogP contribution in [0.2, 0.25) is 0 Å². The van der Waals surface area contributed by atoms with E-state index in [-0.39, 0.29) is 18.1 Å². The Labute approximate surface area is 237 Å². The normalized spacial score (nSPS) is 16.4. The summed E-state index contributed by atoms with van der Waals surface area (Å²) in [6.07, 6.45) is 3.80. The summed E-state index contributed by atoms with van der Waals surface area (Å²) in [6.45, 7) is 0.